The Bertz CT molecular complexity index is 656. The maximum absolute atomic E-state index is 13.8. The molecule has 1 aromatic rings. The SMILES string of the molecule is Cl.O=S(=O)(c1c(F)cccc1F)N1CCN(CC2CCCNC2)CC1. The van der Waals surface area contributed by atoms with Crippen molar-refractivity contribution < 1.29 is 17.2 Å². The average Bonchev–Trinajstić information content (AvgIpc) is 2.56. The van der Waals surface area contributed by atoms with Crippen LogP contribution >= 0.6 is 12.4 Å². The molecule has 2 heterocycles. The number of hydrogen-bond donors (Lipinski definition) is 1. The molecule has 1 aromatic carbocycles. The predicted octanol–water partition coefficient (Wildman–Crippen LogP) is 1.69. The van der Waals surface area contributed by atoms with Crippen molar-refractivity contribution in [2.75, 3.05) is 45.8 Å². The fraction of sp³-hybridized carbons (Fsp3) is 0.625. The Kier molecular flexibility index (Phi) is 7.16. The summed E-state index contributed by atoms with van der Waals surface area (Å²) in [5.74, 6) is -1.48. The topological polar surface area (TPSA) is 52.7 Å². The molecule has 5 nitrogen and oxygen atoms in total. The van der Waals surface area contributed by atoms with Crippen LogP contribution in [-0.2, 0) is 10.0 Å². The highest BCUT2D eigenvalue weighted by Gasteiger charge is 2.33. The van der Waals surface area contributed by atoms with Crippen LogP contribution in [-0.4, -0.2) is 63.4 Å². The van der Waals surface area contributed by atoms with Gasteiger partial charge in [-0.05, 0) is 44.0 Å². The monoisotopic (exact) mass is 395 g/mol. The van der Waals surface area contributed by atoms with E-state index in [9.17, 15) is 17.2 Å². The van der Waals surface area contributed by atoms with E-state index in [1.807, 2.05) is 0 Å². The first-order chi connectivity index (χ1) is 11.5. The van der Waals surface area contributed by atoms with Gasteiger partial charge >= 0.3 is 0 Å². The molecule has 0 radical (unpaired) electrons. The standard InChI is InChI=1S/C16H23F2N3O2S.ClH/c17-14-4-1-5-15(18)16(14)24(22,23)21-9-7-20(8-10-21)12-13-3-2-6-19-11-13;/h1,4-5,13,19H,2-3,6-12H2;1H. The van der Waals surface area contributed by atoms with E-state index in [1.165, 1.54) is 23.2 Å². The molecule has 0 aromatic heterocycles. The largest absolute Gasteiger partial charge is 0.316 e. The fourth-order valence-electron chi connectivity index (χ4n) is 3.46. The van der Waals surface area contributed by atoms with E-state index in [-0.39, 0.29) is 25.5 Å². The minimum Gasteiger partial charge on any atom is -0.316 e. The first kappa shape index (κ1) is 20.5. The predicted molar refractivity (Wildman–Crippen MR) is 94.4 cm³/mol. The van der Waals surface area contributed by atoms with Crippen LogP contribution in [0.5, 0.6) is 0 Å². The summed E-state index contributed by atoms with van der Waals surface area (Å²) in [4.78, 5) is 1.40. The van der Waals surface area contributed by atoms with Gasteiger partial charge in [0, 0.05) is 32.7 Å². The number of halogens is 3. The molecular formula is C16H24ClF2N3O2S. The Morgan fingerprint density at radius 2 is 1.76 bits per heavy atom. The third kappa shape index (κ3) is 4.68. The molecule has 25 heavy (non-hydrogen) atoms. The summed E-state index contributed by atoms with van der Waals surface area (Å²) in [5.41, 5.74) is 0. The molecule has 9 heteroatoms. The van der Waals surface area contributed by atoms with Gasteiger partial charge in [0.25, 0.3) is 0 Å². The van der Waals surface area contributed by atoms with Crippen LogP contribution in [0.2, 0.25) is 0 Å². The molecular weight excluding hydrogens is 372 g/mol. The van der Waals surface area contributed by atoms with Crippen LogP contribution in [0, 0.1) is 17.6 Å². The zero-order valence-corrected chi connectivity index (χ0v) is 15.6. The molecule has 3 rings (SSSR count). The van der Waals surface area contributed by atoms with E-state index in [1.54, 1.807) is 0 Å². The van der Waals surface area contributed by atoms with Crippen molar-refractivity contribution in [3.63, 3.8) is 0 Å². The molecule has 0 aliphatic carbocycles. The van der Waals surface area contributed by atoms with Gasteiger partial charge in [0.15, 0.2) is 4.90 Å². The van der Waals surface area contributed by atoms with Gasteiger partial charge in [0.1, 0.15) is 11.6 Å². The van der Waals surface area contributed by atoms with Crippen LogP contribution in [0.4, 0.5) is 8.78 Å². The molecule has 2 saturated heterocycles. The minimum atomic E-state index is -4.14. The van der Waals surface area contributed by atoms with Crippen LogP contribution in [0.15, 0.2) is 23.1 Å². The van der Waals surface area contributed by atoms with E-state index < -0.39 is 26.6 Å². The number of rotatable bonds is 4. The van der Waals surface area contributed by atoms with Gasteiger partial charge < -0.3 is 10.2 Å². The zero-order valence-electron chi connectivity index (χ0n) is 14.0. The summed E-state index contributed by atoms with van der Waals surface area (Å²) in [7, 11) is -4.14. The quantitative estimate of drug-likeness (QED) is 0.843. The van der Waals surface area contributed by atoms with Gasteiger partial charge in [-0.25, -0.2) is 17.2 Å². The summed E-state index contributed by atoms with van der Waals surface area (Å²) in [6.07, 6.45) is 2.36. The Morgan fingerprint density at radius 3 is 2.32 bits per heavy atom. The van der Waals surface area contributed by atoms with Crippen LogP contribution in [0.3, 0.4) is 0 Å². The van der Waals surface area contributed by atoms with E-state index >= 15 is 0 Å². The van der Waals surface area contributed by atoms with E-state index in [2.05, 4.69) is 10.2 Å². The number of hydrogen-bond acceptors (Lipinski definition) is 4. The number of piperidine rings is 1. The van der Waals surface area contributed by atoms with Gasteiger partial charge in [0.2, 0.25) is 10.0 Å². The van der Waals surface area contributed by atoms with Crippen LogP contribution in [0.25, 0.3) is 0 Å². The molecule has 2 aliphatic heterocycles. The van der Waals surface area contributed by atoms with E-state index in [0.29, 0.717) is 19.0 Å². The smallest absolute Gasteiger partial charge is 0.249 e. The maximum Gasteiger partial charge on any atom is 0.249 e. The van der Waals surface area contributed by atoms with Gasteiger partial charge in [-0.1, -0.05) is 6.07 Å². The zero-order chi connectivity index (χ0) is 17.2. The summed E-state index contributed by atoms with van der Waals surface area (Å²) >= 11 is 0. The highest BCUT2D eigenvalue weighted by atomic mass is 35.5. The van der Waals surface area contributed by atoms with Crippen molar-refractivity contribution >= 4 is 22.4 Å². The maximum atomic E-state index is 13.8. The van der Waals surface area contributed by atoms with E-state index in [4.69, 9.17) is 0 Å². The third-order valence-electron chi connectivity index (χ3n) is 4.76. The summed E-state index contributed by atoms with van der Waals surface area (Å²) in [6.45, 7) is 4.70. The lowest BCUT2D eigenvalue weighted by Gasteiger charge is -2.36. The summed E-state index contributed by atoms with van der Waals surface area (Å²) in [5, 5.41) is 3.38. The molecule has 2 fully saturated rings. The summed E-state index contributed by atoms with van der Waals surface area (Å²) < 4.78 is 53.9. The molecule has 0 amide bonds. The molecule has 1 atom stereocenters. The lowest BCUT2D eigenvalue weighted by atomic mass is 9.99. The van der Waals surface area contributed by atoms with Gasteiger partial charge in [-0.3, -0.25) is 0 Å². The highest BCUT2D eigenvalue weighted by molar-refractivity contribution is 7.89. The number of sulfonamides is 1. The summed E-state index contributed by atoms with van der Waals surface area (Å²) in [6, 6.07) is 3.12. The minimum absolute atomic E-state index is 0. The van der Waals surface area contributed by atoms with Crippen molar-refractivity contribution in [2.24, 2.45) is 5.92 Å². The van der Waals surface area contributed by atoms with Crippen LogP contribution in [0.1, 0.15) is 12.8 Å². The second-order valence-electron chi connectivity index (χ2n) is 6.47. The van der Waals surface area contributed by atoms with E-state index in [0.717, 1.165) is 31.8 Å². The Morgan fingerprint density at radius 1 is 1.12 bits per heavy atom. The molecule has 0 spiro atoms. The van der Waals surface area contributed by atoms with Crippen molar-refractivity contribution in [1.82, 2.24) is 14.5 Å². The first-order valence-corrected chi connectivity index (χ1v) is 9.80. The molecule has 2 aliphatic rings. The van der Waals surface area contributed by atoms with Gasteiger partial charge in [-0.15, -0.1) is 12.4 Å². The third-order valence-corrected chi connectivity index (χ3v) is 6.71. The van der Waals surface area contributed by atoms with Crippen molar-refractivity contribution in [3.05, 3.63) is 29.8 Å². The fourth-order valence-corrected chi connectivity index (χ4v) is 4.99. The van der Waals surface area contributed by atoms with Gasteiger partial charge in [-0.2, -0.15) is 4.31 Å². The Balaban J connectivity index is 0.00000225. The average molecular weight is 396 g/mol. The number of piperazine rings is 1. The second kappa shape index (κ2) is 8.73. The lowest BCUT2D eigenvalue weighted by Crippen LogP contribution is -2.51. The second-order valence-corrected chi connectivity index (χ2v) is 8.34. The normalized spacial score (nSPS) is 23.2. The highest BCUT2D eigenvalue weighted by Crippen LogP contribution is 2.24. The molecule has 1 N–H and O–H groups in total. The van der Waals surface area contributed by atoms with Crippen molar-refractivity contribution in [2.45, 2.75) is 17.7 Å². The molecule has 0 bridgehead atoms. The van der Waals surface area contributed by atoms with Crippen molar-refractivity contribution in [1.29, 1.82) is 0 Å². The molecule has 1 unspecified atom stereocenters. The lowest BCUT2D eigenvalue weighted by molar-refractivity contribution is 0.154. The Hall–Kier alpha value is -0.800. The van der Waals surface area contributed by atoms with Crippen molar-refractivity contribution in [3.8, 4) is 0 Å². The van der Waals surface area contributed by atoms with Crippen LogP contribution < -0.4 is 5.32 Å². The number of nitrogens with one attached hydrogen (secondary N) is 1. The Labute approximate surface area is 153 Å². The molecule has 142 valence electrons. The number of nitrogens with zero attached hydrogens (tertiary/aromatic N) is 2. The van der Waals surface area contributed by atoms with Gasteiger partial charge in [0.05, 0.1) is 0 Å². The number of benzene rings is 1. The molecule has 0 saturated carbocycles. The first-order valence-electron chi connectivity index (χ1n) is 8.36.